The van der Waals surface area contributed by atoms with Crippen LogP contribution in [-0.2, 0) is 17.8 Å². The molecule has 0 saturated heterocycles. The van der Waals surface area contributed by atoms with Gasteiger partial charge in [-0.25, -0.2) is 0 Å². The van der Waals surface area contributed by atoms with Crippen molar-refractivity contribution < 1.29 is 4.79 Å². The van der Waals surface area contributed by atoms with Crippen LogP contribution in [0.15, 0.2) is 63.9 Å². The van der Waals surface area contributed by atoms with E-state index in [2.05, 4.69) is 26.2 Å². The Hall–Kier alpha value is -2.40. The fourth-order valence-corrected chi connectivity index (χ4v) is 2.63. The monoisotopic (exact) mass is 370 g/mol. The number of benzene rings is 2. The van der Waals surface area contributed by atoms with Crippen molar-refractivity contribution in [1.29, 1.82) is 0 Å². The van der Waals surface area contributed by atoms with Gasteiger partial charge in [-0.15, -0.1) is 0 Å². The van der Waals surface area contributed by atoms with Crippen molar-refractivity contribution in [2.24, 2.45) is 0 Å². The number of H-pyrrole nitrogens is 1. The van der Waals surface area contributed by atoms with Gasteiger partial charge in [-0.05, 0) is 35.2 Å². The lowest BCUT2D eigenvalue weighted by molar-refractivity contribution is -0.120. The van der Waals surface area contributed by atoms with E-state index in [9.17, 15) is 9.59 Å². The minimum Gasteiger partial charge on any atom is -0.352 e. The summed E-state index contributed by atoms with van der Waals surface area (Å²) in [6.07, 6.45) is 0.290. The molecule has 0 fully saturated rings. The lowest BCUT2D eigenvalue weighted by Gasteiger charge is -2.06. The summed E-state index contributed by atoms with van der Waals surface area (Å²) in [7, 11) is 0. The second-order valence-electron chi connectivity index (χ2n) is 5.29. The summed E-state index contributed by atoms with van der Waals surface area (Å²) in [5.74, 6) is -0.111. The summed E-state index contributed by atoms with van der Waals surface area (Å²) in [5.41, 5.74) is 2.10. The van der Waals surface area contributed by atoms with Crippen molar-refractivity contribution in [3.63, 3.8) is 0 Å². The third-order valence-corrected chi connectivity index (χ3v) is 4.11. The molecule has 1 amide bonds. The summed E-state index contributed by atoms with van der Waals surface area (Å²) in [5, 5.41) is 3.75. The predicted octanol–water partition coefficient (Wildman–Crippen LogP) is 3.15. The first kappa shape index (κ1) is 15.5. The van der Waals surface area contributed by atoms with Crippen molar-refractivity contribution in [2.75, 3.05) is 0 Å². The first-order chi connectivity index (χ1) is 11.1. The average Bonchev–Trinajstić information content (AvgIpc) is 2.55. The first-order valence-electron chi connectivity index (χ1n) is 7.24. The van der Waals surface area contributed by atoms with E-state index in [0.717, 1.165) is 20.9 Å². The Morgan fingerprint density at radius 2 is 1.83 bits per heavy atom. The molecule has 0 aliphatic rings. The highest BCUT2D eigenvalue weighted by molar-refractivity contribution is 9.10. The van der Waals surface area contributed by atoms with Crippen LogP contribution >= 0.6 is 15.9 Å². The highest BCUT2D eigenvalue weighted by Crippen LogP contribution is 2.11. The topological polar surface area (TPSA) is 62.0 Å². The minimum absolute atomic E-state index is 0.111. The zero-order chi connectivity index (χ0) is 16.2. The lowest BCUT2D eigenvalue weighted by atomic mass is 10.1. The molecule has 1 aromatic heterocycles. The molecule has 3 aromatic rings. The third kappa shape index (κ3) is 3.87. The van der Waals surface area contributed by atoms with Crippen LogP contribution in [0.1, 0.15) is 11.1 Å². The Labute approximate surface area is 141 Å². The number of rotatable bonds is 4. The Kier molecular flexibility index (Phi) is 4.57. The summed E-state index contributed by atoms with van der Waals surface area (Å²) in [6.45, 7) is 0.218. The maximum atomic E-state index is 12.0. The molecular formula is C18H15BrN2O2. The van der Waals surface area contributed by atoms with E-state index in [0.29, 0.717) is 12.0 Å². The van der Waals surface area contributed by atoms with Crippen LogP contribution in [0.3, 0.4) is 0 Å². The van der Waals surface area contributed by atoms with Gasteiger partial charge in [0.15, 0.2) is 0 Å². The molecule has 2 aromatic carbocycles. The Balaban J connectivity index is 1.68. The standard InChI is InChI=1S/C18H15BrN2O2/c19-15-7-5-12(6-8-15)9-17(22)20-11-14-10-13-3-1-2-4-16(13)21-18(14)23/h1-8,10H,9,11H2,(H,20,22)(H,21,23). The molecule has 3 rings (SSSR count). The van der Waals surface area contributed by atoms with E-state index < -0.39 is 0 Å². The van der Waals surface area contributed by atoms with Gasteiger partial charge in [-0.2, -0.15) is 0 Å². The largest absolute Gasteiger partial charge is 0.352 e. The molecule has 1 heterocycles. The van der Waals surface area contributed by atoms with E-state index in [4.69, 9.17) is 0 Å². The number of nitrogens with one attached hydrogen (secondary N) is 2. The Bertz CT molecular complexity index is 901. The molecule has 0 unspecified atom stereocenters. The second kappa shape index (κ2) is 6.79. The number of aromatic nitrogens is 1. The SMILES string of the molecule is O=C(Cc1ccc(Br)cc1)NCc1cc2ccccc2[nH]c1=O. The van der Waals surface area contributed by atoms with Crippen LogP contribution < -0.4 is 10.9 Å². The maximum Gasteiger partial charge on any atom is 0.253 e. The number of aromatic amines is 1. The number of carbonyl (C=O) groups excluding carboxylic acids is 1. The van der Waals surface area contributed by atoms with Gasteiger partial charge >= 0.3 is 0 Å². The molecule has 0 aliphatic heterocycles. The van der Waals surface area contributed by atoms with Crippen molar-refractivity contribution in [3.05, 3.63) is 80.6 Å². The molecule has 23 heavy (non-hydrogen) atoms. The maximum absolute atomic E-state index is 12.0. The molecule has 0 spiro atoms. The van der Waals surface area contributed by atoms with Crippen LogP contribution in [0.25, 0.3) is 10.9 Å². The number of halogens is 1. The molecule has 0 radical (unpaired) electrons. The Morgan fingerprint density at radius 1 is 1.09 bits per heavy atom. The van der Waals surface area contributed by atoms with Gasteiger partial charge < -0.3 is 10.3 Å². The third-order valence-electron chi connectivity index (χ3n) is 3.58. The fraction of sp³-hybridized carbons (Fsp3) is 0.111. The Morgan fingerprint density at radius 3 is 2.61 bits per heavy atom. The van der Waals surface area contributed by atoms with Gasteiger partial charge in [0.05, 0.1) is 6.42 Å². The number of pyridine rings is 1. The number of fused-ring (bicyclic) bond motifs is 1. The summed E-state index contributed by atoms with van der Waals surface area (Å²) in [6, 6.07) is 17.0. The number of para-hydroxylation sites is 1. The van der Waals surface area contributed by atoms with Crippen LogP contribution in [0.2, 0.25) is 0 Å². The van der Waals surface area contributed by atoms with E-state index in [1.165, 1.54) is 0 Å². The van der Waals surface area contributed by atoms with E-state index in [1.54, 1.807) is 0 Å². The minimum atomic E-state index is -0.173. The van der Waals surface area contributed by atoms with Crippen molar-refractivity contribution in [2.45, 2.75) is 13.0 Å². The highest BCUT2D eigenvalue weighted by Gasteiger charge is 2.06. The number of carbonyl (C=O) groups is 1. The van der Waals surface area contributed by atoms with Gasteiger partial charge in [-0.1, -0.05) is 46.3 Å². The van der Waals surface area contributed by atoms with E-state index in [1.807, 2.05) is 54.6 Å². The molecular weight excluding hydrogens is 356 g/mol. The number of amides is 1. The summed E-state index contributed by atoms with van der Waals surface area (Å²) in [4.78, 5) is 26.9. The van der Waals surface area contributed by atoms with Crippen molar-refractivity contribution in [1.82, 2.24) is 10.3 Å². The van der Waals surface area contributed by atoms with Crippen LogP contribution in [-0.4, -0.2) is 10.9 Å². The van der Waals surface area contributed by atoms with Gasteiger partial charge in [-0.3, -0.25) is 9.59 Å². The van der Waals surface area contributed by atoms with Crippen LogP contribution in [0.4, 0.5) is 0 Å². The number of hydrogen-bond acceptors (Lipinski definition) is 2. The predicted molar refractivity (Wildman–Crippen MR) is 94.3 cm³/mol. The lowest BCUT2D eigenvalue weighted by Crippen LogP contribution is -2.27. The molecule has 0 aliphatic carbocycles. The molecule has 4 nitrogen and oxygen atoms in total. The average molecular weight is 371 g/mol. The molecule has 2 N–H and O–H groups in total. The fourth-order valence-electron chi connectivity index (χ4n) is 2.37. The van der Waals surface area contributed by atoms with E-state index in [-0.39, 0.29) is 18.0 Å². The molecule has 116 valence electrons. The van der Waals surface area contributed by atoms with Gasteiger partial charge in [0.1, 0.15) is 0 Å². The zero-order valence-corrected chi connectivity index (χ0v) is 13.9. The molecule has 0 bridgehead atoms. The number of hydrogen-bond donors (Lipinski definition) is 2. The van der Waals surface area contributed by atoms with Crippen molar-refractivity contribution >= 4 is 32.7 Å². The summed E-state index contributed by atoms with van der Waals surface area (Å²) >= 11 is 3.36. The van der Waals surface area contributed by atoms with Gasteiger partial charge in [0.2, 0.25) is 5.91 Å². The smallest absolute Gasteiger partial charge is 0.253 e. The first-order valence-corrected chi connectivity index (χ1v) is 8.03. The molecule has 0 atom stereocenters. The molecule has 0 saturated carbocycles. The van der Waals surface area contributed by atoms with E-state index >= 15 is 0 Å². The van der Waals surface area contributed by atoms with Crippen LogP contribution in [0.5, 0.6) is 0 Å². The summed E-state index contributed by atoms with van der Waals surface area (Å²) < 4.78 is 0.976. The van der Waals surface area contributed by atoms with Crippen LogP contribution in [0, 0.1) is 0 Å². The molecule has 5 heteroatoms. The highest BCUT2D eigenvalue weighted by atomic mass is 79.9. The quantitative estimate of drug-likeness (QED) is 0.740. The van der Waals surface area contributed by atoms with Crippen molar-refractivity contribution in [3.8, 4) is 0 Å². The second-order valence-corrected chi connectivity index (χ2v) is 6.21. The zero-order valence-electron chi connectivity index (χ0n) is 12.3. The van der Waals surface area contributed by atoms with Gasteiger partial charge in [0, 0.05) is 22.1 Å². The normalized spacial score (nSPS) is 10.7. The van der Waals surface area contributed by atoms with Gasteiger partial charge in [0.25, 0.3) is 5.56 Å².